The van der Waals surface area contributed by atoms with Crippen molar-refractivity contribution in [1.29, 1.82) is 0 Å². The number of aromatic nitrogens is 5. The molecule has 0 spiro atoms. The minimum atomic E-state index is 0.413. The van der Waals surface area contributed by atoms with E-state index in [2.05, 4.69) is 20.1 Å². The smallest absolute Gasteiger partial charge is 0.181 e. The Balaban J connectivity index is 2.00. The van der Waals surface area contributed by atoms with Gasteiger partial charge in [-0.05, 0) is 24.3 Å². The predicted octanol–water partition coefficient (Wildman–Crippen LogP) is 1.96. The highest BCUT2D eigenvalue weighted by atomic mass is 35.5. The monoisotopic (exact) mass is 272 g/mol. The molecule has 6 nitrogen and oxygen atoms in total. The number of nitrogens with zero attached hydrogens (tertiary/aromatic N) is 5. The molecule has 19 heavy (non-hydrogen) atoms. The number of hydrogen-bond donors (Lipinski definition) is 1. The van der Waals surface area contributed by atoms with Gasteiger partial charge in [0.05, 0.1) is 6.20 Å². The first-order valence-electron chi connectivity index (χ1n) is 5.47. The third kappa shape index (κ3) is 2.25. The SMILES string of the molecule is Nc1ccc(-c2ncn(-c3ncncc3Cl)n2)cc1. The Morgan fingerprint density at radius 2 is 1.89 bits per heavy atom. The molecule has 0 aliphatic heterocycles. The van der Waals surface area contributed by atoms with Crippen LogP contribution in [-0.2, 0) is 0 Å². The highest BCUT2D eigenvalue weighted by molar-refractivity contribution is 6.32. The maximum absolute atomic E-state index is 6.00. The van der Waals surface area contributed by atoms with Crippen LogP contribution < -0.4 is 5.73 Å². The van der Waals surface area contributed by atoms with Crippen LogP contribution in [0.2, 0.25) is 5.02 Å². The fourth-order valence-electron chi connectivity index (χ4n) is 1.60. The lowest BCUT2D eigenvalue weighted by molar-refractivity contribution is 0.840. The molecule has 3 aromatic rings. The lowest BCUT2D eigenvalue weighted by Gasteiger charge is -2.00. The summed E-state index contributed by atoms with van der Waals surface area (Å²) in [6.07, 6.45) is 4.47. The second-order valence-electron chi connectivity index (χ2n) is 3.83. The van der Waals surface area contributed by atoms with Crippen LogP contribution in [0, 0.1) is 0 Å². The largest absolute Gasteiger partial charge is 0.399 e. The van der Waals surface area contributed by atoms with Gasteiger partial charge in [0.25, 0.3) is 0 Å². The van der Waals surface area contributed by atoms with E-state index < -0.39 is 0 Å². The molecule has 0 unspecified atom stereocenters. The summed E-state index contributed by atoms with van der Waals surface area (Å²) in [6, 6.07) is 7.31. The second-order valence-corrected chi connectivity index (χ2v) is 4.24. The fraction of sp³-hybridized carbons (Fsp3) is 0. The molecule has 0 aliphatic rings. The molecule has 0 radical (unpaired) electrons. The van der Waals surface area contributed by atoms with Gasteiger partial charge in [0.2, 0.25) is 0 Å². The van der Waals surface area contributed by atoms with E-state index in [0.29, 0.717) is 22.4 Å². The van der Waals surface area contributed by atoms with Gasteiger partial charge >= 0.3 is 0 Å². The summed E-state index contributed by atoms with van der Waals surface area (Å²) >= 11 is 6.00. The lowest BCUT2D eigenvalue weighted by atomic mass is 10.2. The first kappa shape index (κ1) is 11.6. The molecule has 0 fully saturated rings. The summed E-state index contributed by atoms with van der Waals surface area (Å²) in [4.78, 5) is 12.1. The van der Waals surface area contributed by atoms with E-state index in [1.807, 2.05) is 12.1 Å². The number of anilines is 1. The first-order chi connectivity index (χ1) is 9.24. The second kappa shape index (κ2) is 4.66. The molecule has 1 aromatic carbocycles. The van der Waals surface area contributed by atoms with Gasteiger partial charge in [-0.3, -0.25) is 0 Å². The number of hydrogen-bond acceptors (Lipinski definition) is 5. The van der Waals surface area contributed by atoms with Gasteiger partial charge in [0, 0.05) is 11.3 Å². The average Bonchev–Trinajstić information content (AvgIpc) is 2.89. The van der Waals surface area contributed by atoms with Crippen LogP contribution in [0.1, 0.15) is 0 Å². The van der Waals surface area contributed by atoms with Gasteiger partial charge < -0.3 is 5.73 Å². The number of halogens is 1. The van der Waals surface area contributed by atoms with Crippen molar-refractivity contribution in [3.05, 3.63) is 48.1 Å². The van der Waals surface area contributed by atoms with Crippen LogP contribution >= 0.6 is 11.6 Å². The van der Waals surface area contributed by atoms with Crippen LogP contribution in [0.25, 0.3) is 17.2 Å². The normalized spacial score (nSPS) is 10.6. The molecule has 3 rings (SSSR count). The van der Waals surface area contributed by atoms with Gasteiger partial charge in [-0.2, -0.15) is 0 Å². The Morgan fingerprint density at radius 1 is 1.11 bits per heavy atom. The molecule has 0 aliphatic carbocycles. The maximum atomic E-state index is 6.00. The molecule has 7 heteroatoms. The zero-order valence-corrected chi connectivity index (χ0v) is 10.5. The molecule has 0 bridgehead atoms. The van der Waals surface area contributed by atoms with E-state index in [0.717, 1.165) is 5.56 Å². The summed E-state index contributed by atoms with van der Waals surface area (Å²) in [6.45, 7) is 0. The Bertz CT molecular complexity index is 706. The molecular weight excluding hydrogens is 264 g/mol. The molecule has 0 saturated heterocycles. The summed E-state index contributed by atoms with van der Waals surface area (Å²) in [5.41, 5.74) is 7.21. The minimum absolute atomic E-state index is 0.413. The molecule has 0 saturated carbocycles. The number of benzene rings is 1. The van der Waals surface area contributed by atoms with Crippen molar-refractivity contribution < 1.29 is 0 Å². The topological polar surface area (TPSA) is 82.5 Å². The van der Waals surface area contributed by atoms with Gasteiger partial charge in [-0.1, -0.05) is 11.6 Å². The van der Waals surface area contributed by atoms with Crippen molar-refractivity contribution in [2.45, 2.75) is 0 Å². The number of rotatable bonds is 2. The Hall–Kier alpha value is -2.47. The number of nitrogen functional groups attached to an aromatic ring is 1. The van der Waals surface area contributed by atoms with Crippen LogP contribution in [0.5, 0.6) is 0 Å². The fourth-order valence-corrected chi connectivity index (χ4v) is 1.80. The van der Waals surface area contributed by atoms with E-state index >= 15 is 0 Å². The quantitative estimate of drug-likeness (QED) is 0.721. The van der Waals surface area contributed by atoms with Crippen molar-refractivity contribution in [2.75, 3.05) is 5.73 Å². The predicted molar refractivity (Wildman–Crippen MR) is 71.8 cm³/mol. The van der Waals surface area contributed by atoms with Crippen LogP contribution in [-0.4, -0.2) is 24.7 Å². The zero-order valence-electron chi connectivity index (χ0n) is 9.73. The minimum Gasteiger partial charge on any atom is -0.399 e. The van der Waals surface area contributed by atoms with Gasteiger partial charge in [-0.25, -0.2) is 19.6 Å². The highest BCUT2D eigenvalue weighted by Crippen LogP contribution is 2.19. The van der Waals surface area contributed by atoms with E-state index in [1.165, 1.54) is 17.2 Å². The number of nitrogens with two attached hydrogens (primary N) is 1. The molecule has 2 N–H and O–H groups in total. The van der Waals surface area contributed by atoms with Gasteiger partial charge in [0.1, 0.15) is 17.7 Å². The molecule has 94 valence electrons. The Kier molecular flexibility index (Phi) is 2.85. The van der Waals surface area contributed by atoms with Crippen molar-refractivity contribution in [3.8, 4) is 17.2 Å². The molecule has 2 aromatic heterocycles. The van der Waals surface area contributed by atoms with Crippen LogP contribution in [0.4, 0.5) is 5.69 Å². The first-order valence-corrected chi connectivity index (χ1v) is 5.85. The molecule has 0 amide bonds. The highest BCUT2D eigenvalue weighted by Gasteiger charge is 2.09. The van der Waals surface area contributed by atoms with Crippen molar-refractivity contribution in [2.24, 2.45) is 0 Å². The average molecular weight is 273 g/mol. The summed E-state index contributed by atoms with van der Waals surface area (Å²) in [7, 11) is 0. The molecule has 2 heterocycles. The summed E-state index contributed by atoms with van der Waals surface area (Å²) in [5, 5.41) is 4.74. The van der Waals surface area contributed by atoms with E-state index in [4.69, 9.17) is 17.3 Å². The lowest BCUT2D eigenvalue weighted by Crippen LogP contribution is -1.99. The Labute approximate surface area is 113 Å². The summed E-state index contributed by atoms with van der Waals surface area (Å²) in [5.74, 6) is 1.07. The van der Waals surface area contributed by atoms with Gasteiger partial charge in [-0.15, -0.1) is 5.10 Å². The standard InChI is InChI=1S/C12H9ClN6/c13-10-5-15-6-16-12(10)19-7-17-11(18-19)8-1-3-9(14)4-2-8/h1-7H,14H2. The maximum Gasteiger partial charge on any atom is 0.181 e. The zero-order chi connectivity index (χ0) is 13.2. The van der Waals surface area contributed by atoms with E-state index in [9.17, 15) is 0 Å². The summed E-state index contributed by atoms with van der Waals surface area (Å²) < 4.78 is 1.51. The third-order valence-electron chi connectivity index (χ3n) is 2.53. The third-order valence-corrected chi connectivity index (χ3v) is 2.79. The molecule has 0 atom stereocenters. The van der Waals surface area contributed by atoms with Crippen LogP contribution in [0.3, 0.4) is 0 Å². The van der Waals surface area contributed by atoms with E-state index in [-0.39, 0.29) is 0 Å². The van der Waals surface area contributed by atoms with Crippen molar-refractivity contribution >= 4 is 17.3 Å². The van der Waals surface area contributed by atoms with Gasteiger partial charge in [0.15, 0.2) is 11.6 Å². The Morgan fingerprint density at radius 3 is 2.63 bits per heavy atom. The molecular formula is C12H9ClN6. The van der Waals surface area contributed by atoms with Crippen molar-refractivity contribution in [3.63, 3.8) is 0 Å². The van der Waals surface area contributed by atoms with Crippen LogP contribution in [0.15, 0.2) is 43.1 Å². The van der Waals surface area contributed by atoms with E-state index in [1.54, 1.807) is 18.5 Å². The van der Waals surface area contributed by atoms with Crippen molar-refractivity contribution in [1.82, 2.24) is 24.7 Å².